The fraction of sp³-hybridized carbons (Fsp3) is 0.941. The molecule has 1 N–H and O–H groups in total. The van der Waals surface area contributed by atoms with E-state index in [0.29, 0.717) is 17.4 Å². The summed E-state index contributed by atoms with van der Waals surface area (Å²) in [6.45, 7) is 9.04. The van der Waals surface area contributed by atoms with Crippen molar-refractivity contribution >= 4 is 5.91 Å². The van der Waals surface area contributed by atoms with Gasteiger partial charge in [0.1, 0.15) is 0 Å². The maximum Gasteiger partial charge on any atom is 0.220 e. The molecule has 0 spiro atoms. The van der Waals surface area contributed by atoms with Crippen molar-refractivity contribution in [3.8, 4) is 0 Å². The molecule has 1 aliphatic heterocycles. The van der Waals surface area contributed by atoms with E-state index in [2.05, 4.69) is 38.0 Å². The fourth-order valence-electron chi connectivity index (χ4n) is 4.50. The number of hydrogen-bond donors (Lipinski definition) is 1. The first-order chi connectivity index (χ1) is 9.35. The molecule has 0 aromatic heterocycles. The summed E-state index contributed by atoms with van der Waals surface area (Å²) in [7, 11) is 2.16. The molecular weight excluding hydrogens is 248 g/mol. The summed E-state index contributed by atoms with van der Waals surface area (Å²) in [5.74, 6) is 1.60. The van der Waals surface area contributed by atoms with Gasteiger partial charge in [-0.2, -0.15) is 0 Å². The van der Waals surface area contributed by atoms with Crippen molar-refractivity contribution in [3.63, 3.8) is 0 Å². The SMILES string of the molecule is C[C@@H]1C[C@@H](CC(=O)NC[C@H]2CCCN2C)CC(C)(C)C1. The second-order valence-corrected chi connectivity index (χ2v) is 8.06. The quantitative estimate of drug-likeness (QED) is 0.858. The van der Waals surface area contributed by atoms with Crippen LogP contribution in [-0.2, 0) is 4.79 Å². The van der Waals surface area contributed by atoms with Crippen LogP contribution in [0.5, 0.6) is 0 Å². The molecule has 0 aromatic carbocycles. The predicted molar refractivity (Wildman–Crippen MR) is 83.6 cm³/mol. The lowest BCUT2D eigenvalue weighted by molar-refractivity contribution is -0.122. The van der Waals surface area contributed by atoms with E-state index >= 15 is 0 Å². The van der Waals surface area contributed by atoms with Gasteiger partial charge in [-0.15, -0.1) is 0 Å². The molecule has 0 bridgehead atoms. The number of likely N-dealkylation sites (tertiary alicyclic amines) is 1. The lowest BCUT2D eigenvalue weighted by Crippen LogP contribution is -2.39. The van der Waals surface area contributed by atoms with Crippen LogP contribution in [0.1, 0.15) is 59.3 Å². The molecule has 0 aromatic rings. The van der Waals surface area contributed by atoms with Gasteiger partial charge in [-0.05, 0) is 62.9 Å². The van der Waals surface area contributed by atoms with Crippen LogP contribution in [0.25, 0.3) is 0 Å². The number of carbonyl (C=O) groups excluding carboxylic acids is 1. The highest BCUT2D eigenvalue weighted by molar-refractivity contribution is 5.76. The van der Waals surface area contributed by atoms with Crippen molar-refractivity contribution in [1.82, 2.24) is 10.2 Å². The molecule has 3 atom stereocenters. The topological polar surface area (TPSA) is 32.3 Å². The van der Waals surface area contributed by atoms with E-state index < -0.39 is 0 Å². The molecule has 1 aliphatic carbocycles. The molecule has 0 radical (unpaired) electrons. The maximum absolute atomic E-state index is 12.2. The van der Waals surface area contributed by atoms with E-state index in [4.69, 9.17) is 0 Å². The first-order valence-corrected chi connectivity index (χ1v) is 8.33. The van der Waals surface area contributed by atoms with Gasteiger partial charge in [0.25, 0.3) is 0 Å². The van der Waals surface area contributed by atoms with Gasteiger partial charge in [0.05, 0.1) is 0 Å². The summed E-state index contributed by atoms with van der Waals surface area (Å²) >= 11 is 0. The van der Waals surface area contributed by atoms with Crippen molar-refractivity contribution in [2.75, 3.05) is 20.1 Å². The third kappa shape index (κ3) is 4.47. The van der Waals surface area contributed by atoms with E-state index in [9.17, 15) is 4.79 Å². The third-order valence-corrected chi connectivity index (χ3v) is 5.16. The molecule has 1 heterocycles. The van der Waals surface area contributed by atoms with Crippen LogP contribution in [0, 0.1) is 17.3 Å². The zero-order chi connectivity index (χ0) is 14.8. The van der Waals surface area contributed by atoms with Gasteiger partial charge in [-0.25, -0.2) is 0 Å². The van der Waals surface area contributed by atoms with E-state index in [1.165, 1.54) is 38.6 Å². The molecule has 3 nitrogen and oxygen atoms in total. The van der Waals surface area contributed by atoms with Crippen molar-refractivity contribution in [1.29, 1.82) is 0 Å². The Morgan fingerprint density at radius 2 is 2.10 bits per heavy atom. The molecule has 1 saturated heterocycles. The van der Waals surface area contributed by atoms with Crippen molar-refractivity contribution in [2.45, 2.75) is 65.3 Å². The minimum atomic E-state index is 0.264. The molecular formula is C17H32N2O. The van der Waals surface area contributed by atoms with Crippen LogP contribution in [0.2, 0.25) is 0 Å². The maximum atomic E-state index is 12.2. The zero-order valence-corrected chi connectivity index (χ0v) is 13.7. The van der Waals surface area contributed by atoms with Crippen LogP contribution in [0.15, 0.2) is 0 Å². The largest absolute Gasteiger partial charge is 0.355 e. The first kappa shape index (κ1) is 15.8. The molecule has 1 saturated carbocycles. The lowest BCUT2D eigenvalue weighted by Gasteiger charge is -2.38. The average Bonchev–Trinajstić information content (AvgIpc) is 2.69. The van der Waals surface area contributed by atoms with E-state index in [1.807, 2.05) is 0 Å². The van der Waals surface area contributed by atoms with Gasteiger partial charge in [0.15, 0.2) is 0 Å². The highest BCUT2D eigenvalue weighted by atomic mass is 16.1. The van der Waals surface area contributed by atoms with Crippen LogP contribution < -0.4 is 5.32 Å². The van der Waals surface area contributed by atoms with Crippen molar-refractivity contribution < 1.29 is 4.79 Å². The molecule has 1 amide bonds. The summed E-state index contributed by atoms with van der Waals surface area (Å²) < 4.78 is 0. The highest BCUT2D eigenvalue weighted by Crippen LogP contribution is 2.42. The molecule has 2 fully saturated rings. The smallest absolute Gasteiger partial charge is 0.220 e. The van der Waals surface area contributed by atoms with Gasteiger partial charge in [0, 0.05) is 19.0 Å². The van der Waals surface area contributed by atoms with E-state index in [-0.39, 0.29) is 5.91 Å². The minimum Gasteiger partial charge on any atom is -0.355 e. The molecule has 0 unspecified atom stereocenters. The highest BCUT2D eigenvalue weighted by Gasteiger charge is 2.33. The number of likely N-dealkylation sites (N-methyl/N-ethyl adjacent to an activating group) is 1. The number of hydrogen-bond acceptors (Lipinski definition) is 2. The summed E-state index contributed by atoms with van der Waals surface area (Å²) in [4.78, 5) is 14.5. The van der Waals surface area contributed by atoms with Gasteiger partial charge >= 0.3 is 0 Å². The van der Waals surface area contributed by atoms with Crippen LogP contribution in [-0.4, -0.2) is 37.0 Å². The van der Waals surface area contributed by atoms with Crippen LogP contribution in [0.4, 0.5) is 0 Å². The standard InChI is InChI=1S/C17H32N2O/c1-13-8-14(11-17(2,3)10-13)9-16(20)18-12-15-6-5-7-19(15)4/h13-15H,5-12H2,1-4H3,(H,18,20)/t13-,14+,15-/m1/s1. The number of nitrogens with zero attached hydrogens (tertiary/aromatic N) is 1. The second kappa shape index (κ2) is 6.46. The Labute approximate surface area is 124 Å². The Kier molecular flexibility index (Phi) is 5.11. The van der Waals surface area contributed by atoms with Gasteiger partial charge in [-0.1, -0.05) is 20.8 Å². The van der Waals surface area contributed by atoms with Crippen LogP contribution >= 0.6 is 0 Å². The molecule has 3 heteroatoms. The summed E-state index contributed by atoms with van der Waals surface area (Å²) in [6.07, 6.45) is 6.95. The van der Waals surface area contributed by atoms with Crippen LogP contribution in [0.3, 0.4) is 0 Å². The number of amides is 1. The predicted octanol–water partition coefficient (Wildman–Crippen LogP) is 3.05. The minimum absolute atomic E-state index is 0.264. The van der Waals surface area contributed by atoms with Gasteiger partial charge in [-0.3, -0.25) is 4.79 Å². The van der Waals surface area contributed by atoms with Crippen molar-refractivity contribution in [3.05, 3.63) is 0 Å². The summed E-state index contributed by atoms with van der Waals surface area (Å²) in [6, 6.07) is 0.556. The first-order valence-electron chi connectivity index (χ1n) is 8.33. The molecule has 20 heavy (non-hydrogen) atoms. The van der Waals surface area contributed by atoms with E-state index in [0.717, 1.165) is 18.9 Å². The zero-order valence-electron chi connectivity index (χ0n) is 13.7. The number of nitrogens with one attached hydrogen (secondary N) is 1. The number of rotatable bonds is 4. The Morgan fingerprint density at radius 1 is 1.35 bits per heavy atom. The van der Waals surface area contributed by atoms with Gasteiger partial charge < -0.3 is 10.2 Å². The molecule has 2 rings (SSSR count). The van der Waals surface area contributed by atoms with Crippen molar-refractivity contribution in [2.24, 2.45) is 17.3 Å². The monoisotopic (exact) mass is 280 g/mol. The normalized spacial score (nSPS) is 34.1. The second-order valence-electron chi connectivity index (χ2n) is 8.06. The summed E-state index contributed by atoms with van der Waals surface area (Å²) in [5, 5.41) is 3.16. The summed E-state index contributed by atoms with van der Waals surface area (Å²) in [5.41, 5.74) is 0.411. The van der Waals surface area contributed by atoms with Gasteiger partial charge in [0.2, 0.25) is 5.91 Å². The number of carbonyl (C=O) groups is 1. The molecule has 2 aliphatic rings. The Morgan fingerprint density at radius 3 is 2.70 bits per heavy atom. The average molecular weight is 280 g/mol. The fourth-order valence-corrected chi connectivity index (χ4v) is 4.50. The Hall–Kier alpha value is -0.570. The van der Waals surface area contributed by atoms with E-state index in [1.54, 1.807) is 0 Å². The third-order valence-electron chi connectivity index (χ3n) is 5.16. The molecule has 116 valence electrons. The Balaban J connectivity index is 1.73. The Bertz CT molecular complexity index is 340. The lowest BCUT2D eigenvalue weighted by atomic mass is 9.67.